The monoisotopic (exact) mass is 315 g/mol. The number of benzene rings is 2. The number of hydrogen-bond acceptors (Lipinski definition) is 2. The summed E-state index contributed by atoms with van der Waals surface area (Å²) in [7, 11) is 0. The van der Waals surface area contributed by atoms with E-state index >= 15 is 0 Å². The molecule has 1 unspecified atom stereocenters. The Labute approximate surface area is 136 Å². The van der Waals surface area contributed by atoms with Gasteiger partial charge >= 0.3 is 0 Å². The Balaban J connectivity index is 1.89. The first kappa shape index (κ1) is 17.2. The Morgan fingerprint density at radius 2 is 1.83 bits per heavy atom. The molecule has 2 aromatic rings. The molecule has 1 atom stereocenters. The van der Waals surface area contributed by atoms with E-state index in [1.165, 1.54) is 11.6 Å². The Hall–Kier alpha value is -2.20. The molecule has 0 fully saturated rings. The highest BCUT2D eigenvalue weighted by Gasteiger charge is 2.13. The van der Waals surface area contributed by atoms with Crippen LogP contribution in [0.15, 0.2) is 42.5 Å². The number of aliphatic hydroxyl groups excluding tert-OH is 1. The zero-order valence-electron chi connectivity index (χ0n) is 13.5. The number of hydrogen-bond donors (Lipinski definition) is 2. The van der Waals surface area contributed by atoms with Crippen LogP contribution in [-0.2, 0) is 24.4 Å². The predicted molar refractivity (Wildman–Crippen MR) is 88.2 cm³/mol. The summed E-state index contributed by atoms with van der Waals surface area (Å²) in [6.07, 6.45) is 0.678. The molecule has 0 aromatic heterocycles. The van der Waals surface area contributed by atoms with E-state index in [9.17, 15) is 9.18 Å². The van der Waals surface area contributed by atoms with E-state index in [1.807, 2.05) is 38.1 Å². The van der Waals surface area contributed by atoms with E-state index < -0.39 is 5.82 Å². The molecule has 0 bridgehead atoms. The first-order chi connectivity index (χ1) is 11.0. The minimum absolute atomic E-state index is 0.0413. The van der Waals surface area contributed by atoms with Gasteiger partial charge in [-0.3, -0.25) is 4.79 Å². The van der Waals surface area contributed by atoms with E-state index in [0.717, 1.165) is 11.1 Å². The van der Waals surface area contributed by atoms with Gasteiger partial charge in [0.05, 0.1) is 6.61 Å². The average Bonchev–Trinajstić information content (AvgIpc) is 2.55. The van der Waals surface area contributed by atoms with Crippen LogP contribution in [0.3, 0.4) is 0 Å². The Morgan fingerprint density at radius 3 is 2.48 bits per heavy atom. The van der Waals surface area contributed by atoms with Crippen molar-refractivity contribution in [3.63, 3.8) is 0 Å². The second-order valence-corrected chi connectivity index (χ2v) is 5.89. The molecule has 0 aliphatic rings. The summed E-state index contributed by atoms with van der Waals surface area (Å²) in [5.41, 5.74) is 3.33. The van der Waals surface area contributed by atoms with Gasteiger partial charge in [-0.05, 0) is 36.6 Å². The molecular formula is C19H22FNO2. The number of aliphatic hydroxyl groups is 1. The van der Waals surface area contributed by atoms with E-state index in [2.05, 4.69) is 5.32 Å². The van der Waals surface area contributed by atoms with Gasteiger partial charge in [0, 0.05) is 18.0 Å². The van der Waals surface area contributed by atoms with E-state index in [-0.39, 0.29) is 24.0 Å². The zero-order chi connectivity index (χ0) is 16.8. The molecule has 0 spiro atoms. The molecule has 1 amide bonds. The summed E-state index contributed by atoms with van der Waals surface area (Å²) < 4.78 is 13.3. The maximum absolute atomic E-state index is 13.3. The molecule has 0 heterocycles. The van der Waals surface area contributed by atoms with Gasteiger partial charge in [0.2, 0.25) is 5.91 Å². The van der Waals surface area contributed by atoms with Crippen LogP contribution >= 0.6 is 0 Å². The van der Waals surface area contributed by atoms with Crippen molar-refractivity contribution in [2.45, 2.75) is 33.4 Å². The van der Waals surface area contributed by atoms with Crippen LogP contribution in [0.4, 0.5) is 4.39 Å². The molecule has 3 nitrogen and oxygen atoms in total. The maximum Gasteiger partial charge on any atom is 0.223 e. The summed E-state index contributed by atoms with van der Waals surface area (Å²) in [6.45, 7) is 3.89. The fourth-order valence-corrected chi connectivity index (χ4v) is 2.39. The van der Waals surface area contributed by atoms with Gasteiger partial charge in [-0.15, -0.1) is 0 Å². The smallest absolute Gasteiger partial charge is 0.223 e. The van der Waals surface area contributed by atoms with Crippen molar-refractivity contribution in [2.75, 3.05) is 0 Å². The summed E-state index contributed by atoms with van der Waals surface area (Å²) >= 11 is 0. The largest absolute Gasteiger partial charge is 0.392 e. The predicted octanol–water partition coefficient (Wildman–Crippen LogP) is 3.12. The maximum atomic E-state index is 13.3. The first-order valence-electron chi connectivity index (χ1n) is 7.71. The zero-order valence-corrected chi connectivity index (χ0v) is 13.5. The molecule has 23 heavy (non-hydrogen) atoms. The number of nitrogens with one attached hydrogen (secondary N) is 1. The molecule has 2 rings (SSSR count). The number of carbonyl (C=O) groups excluding carboxylic acids is 1. The SMILES string of the molecule is Cc1ccc(CC(C)C(=O)NCc2ccc(F)c(CO)c2)cc1. The highest BCUT2D eigenvalue weighted by molar-refractivity contribution is 5.78. The molecule has 2 N–H and O–H groups in total. The quantitative estimate of drug-likeness (QED) is 0.860. The average molecular weight is 315 g/mol. The molecule has 0 aliphatic carbocycles. The highest BCUT2D eigenvalue weighted by atomic mass is 19.1. The molecule has 2 aromatic carbocycles. The molecular weight excluding hydrogens is 293 g/mol. The lowest BCUT2D eigenvalue weighted by Crippen LogP contribution is -2.29. The summed E-state index contributed by atoms with van der Waals surface area (Å²) in [4.78, 5) is 12.2. The van der Waals surface area contributed by atoms with E-state index in [4.69, 9.17) is 5.11 Å². The molecule has 122 valence electrons. The molecule has 0 radical (unpaired) electrons. The fourth-order valence-electron chi connectivity index (χ4n) is 2.39. The summed E-state index contributed by atoms with van der Waals surface area (Å²) in [5, 5.41) is 11.9. The molecule has 0 saturated carbocycles. The molecule has 4 heteroatoms. The van der Waals surface area contributed by atoms with Crippen molar-refractivity contribution in [1.29, 1.82) is 0 Å². The third-order valence-corrected chi connectivity index (χ3v) is 3.86. The standard InChI is InChI=1S/C19H22FNO2/c1-13-3-5-15(6-4-13)9-14(2)19(23)21-11-16-7-8-18(20)17(10-16)12-22/h3-8,10,14,22H,9,11-12H2,1-2H3,(H,21,23). The number of amides is 1. The van der Waals surface area contributed by atoms with Crippen molar-refractivity contribution in [3.05, 3.63) is 70.5 Å². The van der Waals surface area contributed by atoms with Crippen LogP contribution in [0.1, 0.15) is 29.2 Å². The van der Waals surface area contributed by atoms with E-state index in [1.54, 1.807) is 12.1 Å². The first-order valence-corrected chi connectivity index (χ1v) is 7.71. The van der Waals surface area contributed by atoms with Gasteiger partial charge < -0.3 is 10.4 Å². The second kappa shape index (κ2) is 7.88. The topological polar surface area (TPSA) is 49.3 Å². The van der Waals surface area contributed by atoms with Crippen LogP contribution in [0.2, 0.25) is 0 Å². The number of halogens is 1. The Morgan fingerprint density at radius 1 is 1.17 bits per heavy atom. The van der Waals surface area contributed by atoms with Crippen molar-refractivity contribution >= 4 is 5.91 Å². The lowest BCUT2D eigenvalue weighted by Gasteiger charge is -2.13. The minimum Gasteiger partial charge on any atom is -0.392 e. The van der Waals surface area contributed by atoms with Crippen molar-refractivity contribution < 1.29 is 14.3 Å². The lowest BCUT2D eigenvalue weighted by atomic mass is 9.99. The van der Waals surface area contributed by atoms with Crippen LogP contribution < -0.4 is 5.32 Å². The second-order valence-electron chi connectivity index (χ2n) is 5.89. The van der Waals surface area contributed by atoms with Crippen molar-refractivity contribution in [2.24, 2.45) is 5.92 Å². The minimum atomic E-state index is -0.435. The van der Waals surface area contributed by atoms with Gasteiger partial charge in [0.15, 0.2) is 0 Å². The highest BCUT2D eigenvalue weighted by Crippen LogP contribution is 2.12. The number of rotatable bonds is 6. The van der Waals surface area contributed by atoms with Crippen LogP contribution in [0, 0.1) is 18.7 Å². The third kappa shape index (κ3) is 4.89. The van der Waals surface area contributed by atoms with Gasteiger partial charge in [-0.1, -0.05) is 42.8 Å². The van der Waals surface area contributed by atoms with Crippen LogP contribution in [0.25, 0.3) is 0 Å². The van der Waals surface area contributed by atoms with Crippen LogP contribution in [0.5, 0.6) is 0 Å². The Bertz CT molecular complexity index is 668. The summed E-state index contributed by atoms with van der Waals surface area (Å²) in [5.74, 6) is -0.619. The normalized spacial score (nSPS) is 12.0. The van der Waals surface area contributed by atoms with E-state index in [0.29, 0.717) is 13.0 Å². The Kier molecular flexibility index (Phi) is 5.88. The van der Waals surface area contributed by atoms with Crippen molar-refractivity contribution in [3.8, 4) is 0 Å². The third-order valence-electron chi connectivity index (χ3n) is 3.86. The molecule has 0 saturated heterocycles. The fraction of sp³-hybridized carbons (Fsp3) is 0.316. The number of aryl methyl sites for hydroxylation is 1. The number of carbonyl (C=O) groups is 1. The molecule has 0 aliphatic heterocycles. The van der Waals surface area contributed by atoms with Gasteiger partial charge in [-0.25, -0.2) is 4.39 Å². The van der Waals surface area contributed by atoms with Crippen LogP contribution in [-0.4, -0.2) is 11.0 Å². The van der Waals surface area contributed by atoms with Gasteiger partial charge in [0.1, 0.15) is 5.82 Å². The lowest BCUT2D eigenvalue weighted by molar-refractivity contribution is -0.124. The summed E-state index contributed by atoms with van der Waals surface area (Å²) in [6, 6.07) is 12.6. The van der Waals surface area contributed by atoms with Gasteiger partial charge in [0.25, 0.3) is 0 Å². The van der Waals surface area contributed by atoms with Crippen molar-refractivity contribution in [1.82, 2.24) is 5.32 Å². The van der Waals surface area contributed by atoms with Gasteiger partial charge in [-0.2, -0.15) is 0 Å².